The van der Waals surface area contributed by atoms with Gasteiger partial charge >= 0.3 is 0 Å². The number of hydrogen-bond acceptors (Lipinski definition) is 10. The quantitative estimate of drug-likeness (QED) is 0.218. The number of aliphatic hydroxyl groups is 3. The third kappa shape index (κ3) is 4.62. The SMILES string of the molecule is Nc1nc(NCc2ccccc2)nc2c1nc(NCc1ccccc1)n2[C@@H]1O[C@H](CO)C(O)C1O. The van der Waals surface area contributed by atoms with E-state index in [9.17, 15) is 15.3 Å². The highest BCUT2D eigenvalue weighted by molar-refractivity contribution is 5.85. The average molecular weight is 478 g/mol. The number of fused-ring (bicyclic) bond motifs is 1. The maximum absolute atomic E-state index is 10.7. The highest BCUT2D eigenvalue weighted by Gasteiger charge is 2.45. The van der Waals surface area contributed by atoms with Gasteiger partial charge in [0.15, 0.2) is 23.2 Å². The van der Waals surface area contributed by atoms with Crippen LogP contribution in [0.1, 0.15) is 17.4 Å². The van der Waals surface area contributed by atoms with Crippen LogP contribution in [0.15, 0.2) is 60.7 Å². The fourth-order valence-corrected chi connectivity index (χ4v) is 4.09. The second kappa shape index (κ2) is 9.84. The molecule has 1 aliphatic heterocycles. The van der Waals surface area contributed by atoms with Crippen molar-refractivity contribution in [2.75, 3.05) is 23.0 Å². The van der Waals surface area contributed by atoms with E-state index in [-0.39, 0.29) is 11.8 Å². The van der Waals surface area contributed by atoms with Gasteiger partial charge in [0.25, 0.3) is 0 Å². The highest BCUT2D eigenvalue weighted by atomic mass is 16.6. The Morgan fingerprint density at radius 3 is 2.09 bits per heavy atom. The second-order valence-corrected chi connectivity index (χ2v) is 8.32. The van der Waals surface area contributed by atoms with E-state index in [1.807, 2.05) is 60.7 Å². The van der Waals surface area contributed by atoms with Gasteiger partial charge in [-0.2, -0.15) is 9.97 Å². The summed E-state index contributed by atoms with van der Waals surface area (Å²) in [5.41, 5.74) is 8.93. The topological polar surface area (TPSA) is 164 Å². The standard InChI is InChI=1S/C24H27N7O4/c25-20-17-21(30-23(29-20)26-11-14-7-3-1-4-8-14)31(22-19(34)18(33)16(13-32)35-22)24(28-17)27-12-15-9-5-2-6-10-15/h1-10,16,18-19,22,32-34H,11-13H2,(H,27,28)(H3,25,26,29,30)/t16-,18?,19?,22-/m1/s1. The molecular weight excluding hydrogens is 450 g/mol. The van der Waals surface area contributed by atoms with Gasteiger partial charge in [-0.1, -0.05) is 60.7 Å². The third-order valence-corrected chi connectivity index (χ3v) is 5.93. The molecule has 4 aromatic rings. The molecule has 3 heterocycles. The first kappa shape index (κ1) is 23.0. The fraction of sp³-hybridized carbons (Fsp3) is 0.292. The lowest BCUT2D eigenvalue weighted by Gasteiger charge is -2.20. The zero-order valence-electron chi connectivity index (χ0n) is 18.8. The zero-order valence-corrected chi connectivity index (χ0v) is 18.8. The van der Waals surface area contributed by atoms with Crippen molar-refractivity contribution in [2.45, 2.75) is 37.6 Å². The molecule has 1 saturated heterocycles. The third-order valence-electron chi connectivity index (χ3n) is 5.93. The average Bonchev–Trinajstić information content (AvgIpc) is 3.39. The van der Waals surface area contributed by atoms with Gasteiger partial charge in [0, 0.05) is 13.1 Å². The van der Waals surface area contributed by atoms with E-state index in [0.717, 1.165) is 11.1 Å². The molecule has 1 aliphatic rings. The number of nitrogens with zero attached hydrogens (tertiary/aromatic N) is 4. The molecule has 182 valence electrons. The number of rotatable bonds is 8. The zero-order chi connectivity index (χ0) is 24.4. The Morgan fingerprint density at radius 1 is 0.857 bits per heavy atom. The van der Waals surface area contributed by atoms with Gasteiger partial charge in [0.1, 0.15) is 18.3 Å². The number of anilines is 3. The summed E-state index contributed by atoms with van der Waals surface area (Å²) in [5, 5.41) is 37.1. The summed E-state index contributed by atoms with van der Waals surface area (Å²) in [6.45, 7) is 0.466. The summed E-state index contributed by atoms with van der Waals surface area (Å²) in [6, 6.07) is 19.5. The van der Waals surface area contributed by atoms with Crippen LogP contribution in [-0.4, -0.2) is 59.8 Å². The normalized spacial score (nSPS) is 21.9. The van der Waals surface area contributed by atoms with Gasteiger partial charge in [-0.25, -0.2) is 4.98 Å². The molecule has 2 unspecified atom stereocenters. The molecule has 0 saturated carbocycles. The first-order valence-electron chi connectivity index (χ1n) is 11.3. The first-order chi connectivity index (χ1) is 17.0. The van der Waals surface area contributed by atoms with E-state index in [0.29, 0.717) is 30.2 Å². The van der Waals surface area contributed by atoms with Crippen molar-refractivity contribution in [1.82, 2.24) is 19.5 Å². The lowest BCUT2D eigenvalue weighted by molar-refractivity contribution is -0.0501. The monoisotopic (exact) mass is 477 g/mol. The lowest BCUT2D eigenvalue weighted by Crippen LogP contribution is -2.33. The maximum atomic E-state index is 10.7. The number of ether oxygens (including phenoxy) is 1. The summed E-state index contributed by atoms with van der Waals surface area (Å²) >= 11 is 0. The Hall–Kier alpha value is -3.77. The molecule has 1 fully saturated rings. The van der Waals surface area contributed by atoms with Gasteiger partial charge < -0.3 is 36.4 Å². The number of hydrogen-bond donors (Lipinski definition) is 6. The molecule has 0 bridgehead atoms. The van der Waals surface area contributed by atoms with Crippen LogP contribution in [-0.2, 0) is 17.8 Å². The Morgan fingerprint density at radius 2 is 1.49 bits per heavy atom. The van der Waals surface area contributed by atoms with Crippen LogP contribution in [0.2, 0.25) is 0 Å². The summed E-state index contributed by atoms with van der Waals surface area (Å²) in [4.78, 5) is 13.5. The minimum atomic E-state index is -1.32. The minimum Gasteiger partial charge on any atom is -0.394 e. The summed E-state index contributed by atoms with van der Waals surface area (Å²) < 4.78 is 7.35. The molecule has 2 aromatic carbocycles. The van der Waals surface area contributed by atoms with Crippen molar-refractivity contribution in [3.8, 4) is 0 Å². The van der Waals surface area contributed by atoms with Crippen molar-refractivity contribution in [3.05, 3.63) is 71.8 Å². The van der Waals surface area contributed by atoms with Gasteiger partial charge in [-0.15, -0.1) is 0 Å². The van der Waals surface area contributed by atoms with Crippen LogP contribution in [0.4, 0.5) is 17.7 Å². The van der Waals surface area contributed by atoms with Crippen molar-refractivity contribution < 1.29 is 20.1 Å². The number of benzene rings is 2. The first-order valence-corrected chi connectivity index (χ1v) is 11.3. The van der Waals surface area contributed by atoms with Crippen LogP contribution in [0.5, 0.6) is 0 Å². The van der Waals surface area contributed by atoms with Gasteiger partial charge in [0.2, 0.25) is 11.9 Å². The van der Waals surface area contributed by atoms with Gasteiger partial charge in [0.05, 0.1) is 6.61 Å². The molecular formula is C24H27N7O4. The largest absolute Gasteiger partial charge is 0.394 e. The number of nitrogens with two attached hydrogens (primary N) is 1. The molecule has 0 spiro atoms. The second-order valence-electron chi connectivity index (χ2n) is 8.32. The molecule has 0 amide bonds. The van der Waals surface area contributed by atoms with Crippen LogP contribution >= 0.6 is 0 Å². The van der Waals surface area contributed by atoms with Crippen molar-refractivity contribution in [1.29, 1.82) is 0 Å². The number of nitrogen functional groups attached to an aromatic ring is 1. The Kier molecular flexibility index (Phi) is 6.47. The van der Waals surface area contributed by atoms with E-state index >= 15 is 0 Å². The van der Waals surface area contributed by atoms with E-state index in [4.69, 9.17) is 10.5 Å². The molecule has 35 heavy (non-hydrogen) atoms. The summed E-state index contributed by atoms with van der Waals surface area (Å²) in [5.74, 6) is 0.764. The fourth-order valence-electron chi connectivity index (χ4n) is 4.09. The van der Waals surface area contributed by atoms with Crippen LogP contribution < -0.4 is 16.4 Å². The van der Waals surface area contributed by atoms with E-state index < -0.39 is 31.1 Å². The molecule has 0 aliphatic carbocycles. The molecule has 2 aromatic heterocycles. The Balaban J connectivity index is 1.53. The smallest absolute Gasteiger partial charge is 0.227 e. The van der Waals surface area contributed by atoms with Crippen LogP contribution in [0, 0.1) is 0 Å². The van der Waals surface area contributed by atoms with Crippen LogP contribution in [0.3, 0.4) is 0 Å². The number of nitrogens with one attached hydrogen (secondary N) is 2. The predicted molar refractivity (Wildman–Crippen MR) is 130 cm³/mol. The highest BCUT2D eigenvalue weighted by Crippen LogP contribution is 2.35. The molecule has 7 N–H and O–H groups in total. The van der Waals surface area contributed by atoms with Crippen molar-refractivity contribution >= 4 is 28.9 Å². The lowest BCUT2D eigenvalue weighted by atomic mass is 10.1. The molecule has 11 nitrogen and oxygen atoms in total. The summed E-state index contributed by atoms with van der Waals surface area (Å²) in [6.07, 6.45) is -4.61. The molecule has 5 rings (SSSR count). The number of imidazole rings is 1. The molecule has 4 atom stereocenters. The van der Waals surface area contributed by atoms with Crippen LogP contribution in [0.25, 0.3) is 11.2 Å². The molecule has 0 radical (unpaired) electrons. The minimum absolute atomic E-state index is 0.152. The van der Waals surface area contributed by atoms with E-state index in [1.54, 1.807) is 4.57 Å². The van der Waals surface area contributed by atoms with Crippen molar-refractivity contribution in [3.63, 3.8) is 0 Å². The number of aliphatic hydroxyl groups excluding tert-OH is 3. The Bertz CT molecular complexity index is 1290. The number of aromatic nitrogens is 4. The summed E-state index contributed by atoms with van der Waals surface area (Å²) in [7, 11) is 0. The van der Waals surface area contributed by atoms with Gasteiger partial charge in [-0.3, -0.25) is 4.57 Å². The van der Waals surface area contributed by atoms with Gasteiger partial charge in [-0.05, 0) is 11.1 Å². The predicted octanol–water partition coefficient (Wildman–Crippen LogP) is 1.24. The molecule has 11 heteroatoms. The Labute approximate surface area is 201 Å². The van der Waals surface area contributed by atoms with E-state index in [1.165, 1.54) is 0 Å². The maximum Gasteiger partial charge on any atom is 0.227 e. The van der Waals surface area contributed by atoms with Crippen molar-refractivity contribution in [2.24, 2.45) is 0 Å². The van der Waals surface area contributed by atoms with E-state index in [2.05, 4.69) is 25.6 Å².